The Hall–Kier alpha value is -1.29. The molecule has 1 aromatic heterocycles. The van der Waals surface area contributed by atoms with Crippen molar-refractivity contribution in [2.24, 2.45) is 5.11 Å². The number of nitrogens with one attached hydrogen (secondary N) is 1. The average Bonchev–Trinajstić information content (AvgIpc) is 2.94. The van der Waals surface area contributed by atoms with E-state index >= 15 is 0 Å². The summed E-state index contributed by atoms with van der Waals surface area (Å²) in [4.78, 5) is 6.87. The number of aromatic nitrogens is 1. The molecule has 3 atom stereocenters. The molecule has 2 saturated heterocycles. The fourth-order valence-corrected chi connectivity index (χ4v) is 3.11. The van der Waals surface area contributed by atoms with Crippen molar-refractivity contribution in [3.05, 3.63) is 33.4 Å². The molecule has 0 aliphatic carbocycles. The van der Waals surface area contributed by atoms with E-state index in [1.54, 1.807) is 6.20 Å². The second-order valence-corrected chi connectivity index (χ2v) is 5.02. The maximum Gasteiger partial charge on any atom is 0.138 e. The van der Waals surface area contributed by atoms with Crippen molar-refractivity contribution in [1.82, 2.24) is 10.3 Å². The highest BCUT2D eigenvalue weighted by molar-refractivity contribution is 6.31. The summed E-state index contributed by atoms with van der Waals surface area (Å²) in [6, 6.07) is 3.05. The van der Waals surface area contributed by atoms with E-state index in [9.17, 15) is 0 Å². The first-order valence-corrected chi connectivity index (χ1v) is 6.12. The van der Waals surface area contributed by atoms with Crippen molar-refractivity contribution in [3.63, 3.8) is 0 Å². The number of hydrogen-bond acceptors (Lipinski definition) is 3. The molecule has 3 heterocycles. The monoisotopic (exact) mass is 249 g/mol. The normalized spacial score (nSPS) is 30.3. The molecule has 2 fully saturated rings. The summed E-state index contributed by atoms with van der Waals surface area (Å²) in [6.07, 6.45) is 5.43. The van der Waals surface area contributed by atoms with Crippen LogP contribution in [-0.4, -0.2) is 17.1 Å². The molecule has 2 aliphatic heterocycles. The molecule has 0 amide bonds. The van der Waals surface area contributed by atoms with Crippen molar-refractivity contribution in [3.8, 4) is 0 Å². The zero-order valence-corrected chi connectivity index (χ0v) is 9.93. The molecule has 2 bridgehead atoms. The number of nitrogens with zero attached hydrogens (tertiary/aromatic N) is 4. The highest BCUT2D eigenvalue weighted by Gasteiger charge is 2.39. The van der Waals surface area contributed by atoms with Crippen LogP contribution in [0.2, 0.25) is 5.15 Å². The summed E-state index contributed by atoms with van der Waals surface area (Å²) in [5, 5.41) is 7.41. The molecule has 6 heteroatoms. The van der Waals surface area contributed by atoms with Crippen LogP contribution < -0.4 is 5.32 Å². The van der Waals surface area contributed by atoms with Gasteiger partial charge in [0.2, 0.25) is 0 Å². The predicted molar refractivity (Wildman–Crippen MR) is 65.4 cm³/mol. The van der Waals surface area contributed by atoms with Crippen LogP contribution >= 0.6 is 11.6 Å². The summed E-state index contributed by atoms with van der Waals surface area (Å²) in [5.41, 5.74) is 10.0. The Kier molecular flexibility index (Phi) is 2.67. The Morgan fingerprint density at radius 2 is 2.41 bits per heavy atom. The summed E-state index contributed by atoms with van der Waals surface area (Å²) in [5.74, 6) is 0.478. The van der Waals surface area contributed by atoms with Gasteiger partial charge in [-0.2, -0.15) is 0 Å². The van der Waals surface area contributed by atoms with Gasteiger partial charge in [-0.1, -0.05) is 16.7 Å². The van der Waals surface area contributed by atoms with Gasteiger partial charge < -0.3 is 5.32 Å². The number of hydrogen-bond donors (Lipinski definition) is 1. The third-order valence-corrected chi connectivity index (χ3v) is 4.01. The lowest BCUT2D eigenvalue weighted by atomic mass is 9.84. The van der Waals surface area contributed by atoms with Crippen LogP contribution in [0.25, 0.3) is 10.4 Å². The zero-order chi connectivity index (χ0) is 11.8. The molecule has 3 rings (SSSR count). The van der Waals surface area contributed by atoms with Crippen molar-refractivity contribution >= 4 is 17.3 Å². The lowest BCUT2D eigenvalue weighted by molar-refractivity contribution is 0.505. The van der Waals surface area contributed by atoms with Crippen LogP contribution in [0.4, 0.5) is 5.69 Å². The topological polar surface area (TPSA) is 73.7 Å². The standard InChI is InChI=1S/C11H12ClN5/c12-11-10(16-17-13)3-6(5-14-11)8-4-7-1-2-9(8)15-7/h3,5,7-9,15H,1-2,4H2/t7?,8-,9+/m0/s1. The average molecular weight is 250 g/mol. The SMILES string of the molecule is [N-]=[N+]=Nc1cc([C@@H]2CC3CC[C@H]2N3)cnc1Cl. The molecule has 0 radical (unpaired) electrons. The fraction of sp³-hybridized carbons (Fsp3) is 0.545. The van der Waals surface area contributed by atoms with Gasteiger partial charge in [0.25, 0.3) is 0 Å². The van der Waals surface area contributed by atoms with Crippen LogP contribution in [0.15, 0.2) is 17.4 Å². The maximum absolute atomic E-state index is 8.47. The quantitative estimate of drug-likeness (QED) is 0.378. The zero-order valence-electron chi connectivity index (χ0n) is 9.17. The molecular formula is C11H12ClN5. The number of fused-ring (bicyclic) bond motifs is 2. The number of rotatable bonds is 2. The van der Waals surface area contributed by atoms with E-state index in [0.29, 0.717) is 23.7 Å². The van der Waals surface area contributed by atoms with E-state index in [-0.39, 0.29) is 5.15 Å². The van der Waals surface area contributed by atoms with Gasteiger partial charge in [-0.25, -0.2) is 4.98 Å². The minimum Gasteiger partial charge on any atom is -0.311 e. The molecule has 1 N–H and O–H groups in total. The van der Waals surface area contributed by atoms with E-state index in [1.165, 1.54) is 12.8 Å². The molecule has 0 spiro atoms. The van der Waals surface area contributed by atoms with E-state index in [4.69, 9.17) is 17.1 Å². The van der Waals surface area contributed by atoms with Crippen LogP contribution in [0, 0.1) is 0 Å². The van der Waals surface area contributed by atoms with Crippen LogP contribution in [0.3, 0.4) is 0 Å². The van der Waals surface area contributed by atoms with Crippen molar-refractivity contribution in [2.75, 3.05) is 0 Å². The number of azide groups is 1. The van der Waals surface area contributed by atoms with Gasteiger partial charge in [0.15, 0.2) is 0 Å². The van der Waals surface area contributed by atoms with Gasteiger partial charge in [-0.15, -0.1) is 0 Å². The molecule has 5 nitrogen and oxygen atoms in total. The minimum absolute atomic E-state index is 0.266. The second kappa shape index (κ2) is 4.18. The van der Waals surface area contributed by atoms with E-state index < -0.39 is 0 Å². The van der Waals surface area contributed by atoms with E-state index in [2.05, 4.69) is 20.3 Å². The van der Waals surface area contributed by atoms with Gasteiger partial charge in [0.05, 0.1) is 5.69 Å². The smallest absolute Gasteiger partial charge is 0.138 e. The molecule has 2 aliphatic rings. The highest BCUT2D eigenvalue weighted by atomic mass is 35.5. The summed E-state index contributed by atoms with van der Waals surface area (Å²) < 4.78 is 0. The Balaban J connectivity index is 1.93. The second-order valence-electron chi connectivity index (χ2n) is 4.66. The molecule has 0 aromatic carbocycles. The molecular weight excluding hydrogens is 238 g/mol. The largest absolute Gasteiger partial charge is 0.311 e. The Morgan fingerprint density at radius 3 is 3.06 bits per heavy atom. The third-order valence-electron chi connectivity index (χ3n) is 3.72. The highest BCUT2D eigenvalue weighted by Crippen LogP contribution is 2.41. The van der Waals surface area contributed by atoms with Crippen molar-refractivity contribution < 1.29 is 0 Å². The predicted octanol–water partition coefficient (Wildman–Crippen LogP) is 3.28. The molecule has 1 unspecified atom stereocenters. The van der Waals surface area contributed by atoms with E-state index in [0.717, 1.165) is 12.0 Å². The van der Waals surface area contributed by atoms with Crippen LogP contribution in [0.1, 0.15) is 30.7 Å². The Morgan fingerprint density at radius 1 is 1.53 bits per heavy atom. The summed E-state index contributed by atoms with van der Waals surface area (Å²) >= 11 is 5.87. The molecule has 0 saturated carbocycles. The first-order valence-electron chi connectivity index (χ1n) is 5.74. The fourth-order valence-electron chi connectivity index (χ4n) is 2.97. The van der Waals surface area contributed by atoms with Crippen molar-refractivity contribution in [1.29, 1.82) is 0 Å². The van der Waals surface area contributed by atoms with Gasteiger partial charge in [0.1, 0.15) is 5.15 Å². The lowest BCUT2D eigenvalue weighted by Gasteiger charge is -2.20. The number of pyridine rings is 1. The van der Waals surface area contributed by atoms with Crippen LogP contribution in [0.5, 0.6) is 0 Å². The van der Waals surface area contributed by atoms with Crippen LogP contribution in [-0.2, 0) is 0 Å². The first kappa shape index (κ1) is 10.8. The van der Waals surface area contributed by atoms with Gasteiger partial charge >= 0.3 is 0 Å². The summed E-state index contributed by atoms with van der Waals surface area (Å²) in [7, 11) is 0. The Bertz CT molecular complexity index is 497. The van der Waals surface area contributed by atoms with Gasteiger partial charge in [0, 0.05) is 29.1 Å². The minimum atomic E-state index is 0.266. The van der Waals surface area contributed by atoms with E-state index in [1.807, 2.05) is 6.07 Å². The Labute approximate surface area is 104 Å². The van der Waals surface area contributed by atoms with Gasteiger partial charge in [-0.3, -0.25) is 0 Å². The summed E-state index contributed by atoms with van der Waals surface area (Å²) in [6.45, 7) is 0. The maximum atomic E-state index is 8.47. The molecule has 88 valence electrons. The van der Waals surface area contributed by atoms with Gasteiger partial charge in [-0.05, 0) is 36.4 Å². The molecule has 1 aromatic rings. The third kappa shape index (κ3) is 1.86. The van der Waals surface area contributed by atoms with Crippen molar-refractivity contribution in [2.45, 2.75) is 37.3 Å². The molecule has 17 heavy (non-hydrogen) atoms. The number of halogens is 1. The lowest BCUT2D eigenvalue weighted by Crippen LogP contribution is -2.21. The first-order chi connectivity index (χ1) is 8.28.